The molecule has 1 rings (SSSR count). The summed E-state index contributed by atoms with van der Waals surface area (Å²) in [4.78, 5) is 21.2. The fraction of sp³-hybridized carbons (Fsp3) is 0.364. The van der Waals surface area contributed by atoms with Crippen LogP contribution in [-0.4, -0.2) is 10.8 Å². The van der Waals surface area contributed by atoms with Crippen molar-refractivity contribution in [1.29, 1.82) is 0 Å². The minimum absolute atomic E-state index is 0.0315. The summed E-state index contributed by atoms with van der Waals surface area (Å²) in [7, 11) is 0. The van der Waals surface area contributed by atoms with E-state index in [0.717, 1.165) is 5.56 Å². The van der Waals surface area contributed by atoms with Gasteiger partial charge in [0.2, 0.25) is 5.91 Å². The van der Waals surface area contributed by atoms with Crippen LogP contribution in [0.1, 0.15) is 24.5 Å². The molecule has 0 aliphatic heterocycles. The highest BCUT2D eigenvalue weighted by Gasteiger charge is 2.10. The van der Waals surface area contributed by atoms with Crippen LogP contribution in [0.4, 0.5) is 5.69 Å². The Morgan fingerprint density at radius 2 is 2.19 bits per heavy atom. The summed E-state index contributed by atoms with van der Waals surface area (Å²) in [6.07, 6.45) is 0.436. The summed E-state index contributed by atoms with van der Waals surface area (Å²) in [5, 5.41) is 13.3. The Labute approximate surface area is 93.6 Å². The number of carbonyl (C=O) groups excluding carboxylic acids is 1. The van der Waals surface area contributed by atoms with Crippen LogP contribution in [0.3, 0.4) is 0 Å². The molecule has 0 aliphatic carbocycles. The first-order valence-electron chi connectivity index (χ1n) is 5.05. The molecule has 0 atom stereocenters. The second-order valence-corrected chi connectivity index (χ2v) is 3.51. The number of nitro benzene ring substituents is 1. The van der Waals surface area contributed by atoms with Crippen molar-refractivity contribution in [3.8, 4) is 0 Å². The van der Waals surface area contributed by atoms with E-state index < -0.39 is 4.92 Å². The van der Waals surface area contributed by atoms with E-state index in [1.165, 1.54) is 6.07 Å². The first kappa shape index (κ1) is 12.2. The largest absolute Gasteiger partial charge is 0.352 e. The number of carbonyl (C=O) groups is 1. The summed E-state index contributed by atoms with van der Waals surface area (Å²) < 4.78 is 0. The van der Waals surface area contributed by atoms with Gasteiger partial charge in [-0.05, 0) is 18.6 Å². The van der Waals surface area contributed by atoms with Gasteiger partial charge in [-0.25, -0.2) is 0 Å². The molecule has 0 unspecified atom stereocenters. The van der Waals surface area contributed by atoms with Crippen LogP contribution in [0.5, 0.6) is 0 Å². The molecule has 86 valence electrons. The molecule has 5 nitrogen and oxygen atoms in total. The molecular weight excluding hydrogens is 208 g/mol. The number of hydrogen-bond donors (Lipinski definition) is 1. The van der Waals surface area contributed by atoms with Gasteiger partial charge < -0.3 is 5.32 Å². The van der Waals surface area contributed by atoms with Crippen molar-refractivity contribution in [3.63, 3.8) is 0 Å². The lowest BCUT2D eigenvalue weighted by Gasteiger charge is -2.05. The molecule has 0 bridgehead atoms. The second kappa shape index (κ2) is 5.25. The van der Waals surface area contributed by atoms with Crippen LogP contribution in [0.25, 0.3) is 0 Å². The smallest absolute Gasteiger partial charge is 0.272 e. The first-order valence-corrected chi connectivity index (χ1v) is 5.05. The average Bonchev–Trinajstić information content (AvgIpc) is 2.25. The molecule has 16 heavy (non-hydrogen) atoms. The lowest BCUT2D eigenvalue weighted by Crippen LogP contribution is -2.21. The number of aryl methyl sites for hydroxylation is 1. The summed E-state index contributed by atoms with van der Waals surface area (Å²) in [5.74, 6) is -0.0315. The number of rotatable bonds is 4. The first-order chi connectivity index (χ1) is 7.54. The Balaban J connectivity index is 2.74. The van der Waals surface area contributed by atoms with Crippen LogP contribution >= 0.6 is 0 Å². The Morgan fingerprint density at radius 1 is 1.50 bits per heavy atom. The van der Waals surface area contributed by atoms with Gasteiger partial charge in [0.1, 0.15) is 0 Å². The minimum atomic E-state index is -0.413. The van der Waals surface area contributed by atoms with Crippen LogP contribution in [0, 0.1) is 17.0 Å². The van der Waals surface area contributed by atoms with Crippen molar-refractivity contribution in [2.45, 2.75) is 26.8 Å². The minimum Gasteiger partial charge on any atom is -0.352 e. The molecule has 1 amide bonds. The van der Waals surface area contributed by atoms with E-state index in [1.54, 1.807) is 26.0 Å². The third-order valence-electron chi connectivity index (χ3n) is 2.27. The fourth-order valence-electron chi connectivity index (χ4n) is 1.36. The lowest BCUT2D eigenvalue weighted by atomic mass is 10.1. The van der Waals surface area contributed by atoms with Gasteiger partial charge in [0, 0.05) is 24.6 Å². The lowest BCUT2D eigenvalue weighted by molar-refractivity contribution is -0.385. The van der Waals surface area contributed by atoms with E-state index in [0.29, 0.717) is 18.5 Å². The summed E-state index contributed by atoms with van der Waals surface area (Å²) in [5.41, 5.74) is 1.57. The molecule has 0 aliphatic rings. The zero-order chi connectivity index (χ0) is 12.1. The van der Waals surface area contributed by atoms with Crippen molar-refractivity contribution < 1.29 is 9.72 Å². The standard InChI is InChI=1S/C11H14N2O3/c1-3-11(14)12-7-9-4-5-10(13(15)16)8(2)6-9/h4-6H,3,7H2,1-2H3,(H,12,14). The summed E-state index contributed by atoms with van der Waals surface area (Å²) in [6, 6.07) is 4.83. The maximum Gasteiger partial charge on any atom is 0.272 e. The normalized spacial score (nSPS) is 9.88. The van der Waals surface area contributed by atoms with Crippen molar-refractivity contribution in [2.75, 3.05) is 0 Å². The topological polar surface area (TPSA) is 72.2 Å². The van der Waals surface area contributed by atoms with Gasteiger partial charge in [0.05, 0.1) is 4.92 Å². The van der Waals surface area contributed by atoms with E-state index in [2.05, 4.69) is 5.32 Å². The van der Waals surface area contributed by atoms with Crippen molar-refractivity contribution in [2.24, 2.45) is 0 Å². The van der Waals surface area contributed by atoms with Gasteiger partial charge >= 0.3 is 0 Å². The van der Waals surface area contributed by atoms with Gasteiger partial charge in [-0.3, -0.25) is 14.9 Å². The van der Waals surface area contributed by atoms with Crippen molar-refractivity contribution >= 4 is 11.6 Å². The predicted octanol–water partition coefficient (Wildman–Crippen LogP) is 1.93. The highest BCUT2D eigenvalue weighted by Crippen LogP contribution is 2.18. The van der Waals surface area contributed by atoms with E-state index in [9.17, 15) is 14.9 Å². The monoisotopic (exact) mass is 222 g/mol. The Kier molecular flexibility index (Phi) is 3.99. The molecule has 0 fully saturated rings. The highest BCUT2D eigenvalue weighted by atomic mass is 16.6. The molecular formula is C11H14N2O3. The van der Waals surface area contributed by atoms with Gasteiger partial charge in [0.15, 0.2) is 0 Å². The fourth-order valence-corrected chi connectivity index (χ4v) is 1.36. The molecule has 1 N–H and O–H groups in total. The van der Waals surface area contributed by atoms with E-state index >= 15 is 0 Å². The third kappa shape index (κ3) is 3.05. The van der Waals surface area contributed by atoms with Crippen LogP contribution in [-0.2, 0) is 11.3 Å². The van der Waals surface area contributed by atoms with Crippen molar-refractivity contribution in [1.82, 2.24) is 5.32 Å². The highest BCUT2D eigenvalue weighted by molar-refractivity contribution is 5.75. The number of benzene rings is 1. The average molecular weight is 222 g/mol. The van der Waals surface area contributed by atoms with Gasteiger partial charge in [-0.15, -0.1) is 0 Å². The molecule has 1 aromatic carbocycles. The summed E-state index contributed by atoms with van der Waals surface area (Å²) in [6.45, 7) is 3.87. The van der Waals surface area contributed by atoms with Crippen molar-refractivity contribution in [3.05, 3.63) is 39.4 Å². The number of amides is 1. The van der Waals surface area contributed by atoms with Crippen LogP contribution in [0.15, 0.2) is 18.2 Å². The van der Waals surface area contributed by atoms with Gasteiger partial charge in [-0.2, -0.15) is 0 Å². The molecule has 0 aromatic heterocycles. The van der Waals surface area contributed by atoms with E-state index in [-0.39, 0.29) is 11.6 Å². The zero-order valence-electron chi connectivity index (χ0n) is 9.32. The third-order valence-corrected chi connectivity index (χ3v) is 2.27. The maximum absolute atomic E-state index is 11.0. The zero-order valence-corrected chi connectivity index (χ0v) is 9.32. The molecule has 5 heteroatoms. The Morgan fingerprint density at radius 3 is 2.69 bits per heavy atom. The van der Waals surface area contributed by atoms with E-state index in [1.807, 2.05) is 0 Å². The Bertz CT molecular complexity index is 416. The molecule has 1 aromatic rings. The maximum atomic E-state index is 11.0. The molecule has 0 saturated carbocycles. The van der Waals surface area contributed by atoms with E-state index in [4.69, 9.17) is 0 Å². The summed E-state index contributed by atoms with van der Waals surface area (Å²) >= 11 is 0. The van der Waals surface area contributed by atoms with Gasteiger partial charge in [-0.1, -0.05) is 13.0 Å². The predicted molar refractivity (Wildman–Crippen MR) is 60.0 cm³/mol. The molecule has 0 spiro atoms. The number of nitro groups is 1. The molecule has 0 heterocycles. The molecule has 0 radical (unpaired) electrons. The van der Waals surface area contributed by atoms with Gasteiger partial charge in [0.25, 0.3) is 5.69 Å². The van der Waals surface area contributed by atoms with Crippen LogP contribution in [0.2, 0.25) is 0 Å². The number of hydrogen-bond acceptors (Lipinski definition) is 3. The SMILES string of the molecule is CCC(=O)NCc1ccc([N+](=O)[O-])c(C)c1. The second-order valence-electron chi connectivity index (χ2n) is 3.51. The number of nitrogens with zero attached hydrogens (tertiary/aromatic N) is 1. The molecule has 0 saturated heterocycles. The quantitative estimate of drug-likeness (QED) is 0.625. The number of nitrogens with one attached hydrogen (secondary N) is 1. The van der Waals surface area contributed by atoms with Crippen LogP contribution < -0.4 is 5.32 Å². The Hall–Kier alpha value is -1.91.